The van der Waals surface area contributed by atoms with Crippen LogP contribution in [0.4, 0.5) is 11.5 Å². The molecule has 0 aliphatic rings. The second-order valence-corrected chi connectivity index (χ2v) is 9.45. The van der Waals surface area contributed by atoms with E-state index < -0.39 is 0 Å². The molecule has 0 aliphatic carbocycles. The van der Waals surface area contributed by atoms with Gasteiger partial charge < -0.3 is 10.6 Å². The third-order valence-corrected chi connectivity index (χ3v) is 5.55. The third kappa shape index (κ3) is 6.11. The van der Waals surface area contributed by atoms with Crippen molar-refractivity contribution in [2.75, 3.05) is 10.6 Å². The molecule has 0 unspecified atom stereocenters. The highest BCUT2D eigenvalue weighted by atomic mass is 35.5. The van der Waals surface area contributed by atoms with Crippen molar-refractivity contribution >= 4 is 46.5 Å². The first-order chi connectivity index (χ1) is 15.0. The molecule has 8 heteroatoms. The van der Waals surface area contributed by atoms with Crippen molar-refractivity contribution in [3.05, 3.63) is 69.8 Å². The van der Waals surface area contributed by atoms with Gasteiger partial charge in [-0.1, -0.05) is 61.7 Å². The normalized spacial score (nSPS) is 11.3. The fraction of sp³-hybridized carbons (Fsp3) is 0.292. The maximum absolute atomic E-state index is 12.6. The Morgan fingerprint density at radius 2 is 1.53 bits per heavy atom. The van der Waals surface area contributed by atoms with E-state index >= 15 is 0 Å². The molecule has 3 rings (SSSR count). The van der Waals surface area contributed by atoms with Crippen molar-refractivity contribution in [2.45, 2.75) is 46.0 Å². The van der Waals surface area contributed by atoms with E-state index in [1.165, 1.54) is 0 Å². The zero-order chi connectivity index (χ0) is 23.5. The first-order valence-electron chi connectivity index (χ1n) is 10.3. The standard InChI is InChI=1S/C24H26Cl2N4O2/c1-15-5-7-16(8-6-15)27-22(31)11-12-23(32)28-21-14-20(24(2,3)4)29-30(21)17-9-10-18(25)19(26)13-17/h5-10,13-14H,11-12H2,1-4H3,(H,27,31)(H,28,32). The highest BCUT2D eigenvalue weighted by molar-refractivity contribution is 6.42. The largest absolute Gasteiger partial charge is 0.326 e. The smallest absolute Gasteiger partial charge is 0.226 e. The zero-order valence-corrected chi connectivity index (χ0v) is 20.0. The van der Waals surface area contributed by atoms with Crippen LogP contribution in [0.2, 0.25) is 10.0 Å². The van der Waals surface area contributed by atoms with Gasteiger partial charge in [-0.15, -0.1) is 0 Å². The molecule has 168 valence electrons. The summed E-state index contributed by atoms with van der Waals surface area (Å²) in [6, 6.07) is 14.5. The van der Waals surface area contributed by atoms with Gasteiger partial charge in [0, 0.05) is 30.0 Å². The lowest BCUT2D eigenvalue weighted by Gasteiger charge is -2.14. The van der Waals surface area contributed by atoms with E-state index in [4.69, 9.17) is 23.2 Å². The molecular formula is C24H26Cl2N4O2. The summed E-state index contributed by atoms with van der Waals surface area (Å²) in [4.78, 5) is 24.8. The molecule has 6 nitrogen and oxygen atoms in total. The SMILES string of the molecule is Cc1ccc(NC(=O)CCC(=O)Nc2cc(C(C)(C)C)nn2-c2ccc(Cl)c(Cl)c2)cc1. The Labute approximate surface area is 197 Å². The summed E-state index contributed by atoms with van der Waals surface area (Å²) >= 11 is 12.2. The summed E-state index contributed by atoms with van der Waals surface area (Å²) in [7, 11) is 0. The number of anilines is 2. The van der Waals surface area contributed by atoms with E-state index in [9.17, 15) is 9.59 Å². The molecule has 0 aliphatic heterocycles. The topological polar surface area (TPSA) is 76.0 Å². The highest BCUT2D eigenvalue weighted by Gasteiger charge is 2.22. The van der Waals surface area contributed by atoms with Crippen LogP contribution in [-0.2, 0) is 15.0 Å². The van der Waals surface area contributed by atoms with Crippen molar-refractivity contribution < 1.29 is 9.59 Å². The zero-order valence-electron chi connectivity index (χ0n) is 18.5. The molecule has 2 N–H and O–H groups in total. The molecule has 0 atom stereocenters. The molecule has 0 bridgehead atoms. The van der Waals surface area contributed by atoms with Crippen LogP contribution in [0.3, 0.4) is 0 Å². The predicted octanol–water partition coefficient (Wildman–Crippen LogP) is 6.14. The van der Waals surface area contributed by atoms with Gasteiger partial charge >= 0.3 is 0 Å². The number of carbonyl (C=O) groups excluding carboxylic acids is 2. The van der Waals surface area contributed by atoms with Gasteiger partial charge in [-0.25, -0.2) is 4.68 Å². The number of aryl methyl sites for hydroxylation is 1. The molecule has 1 aromatic heterocycles. The second kappa shape index (κ2) is 9.76. The summed E-state index contributed by atoms with van der Waals surface area (Å²) in [6.45, 7) is 8.09. The Morgan fingerprint density at radius 1 is 0.906 bits per heavy atom. The lowest BCUT2D eigenvalue weighted by Crippen LogP contribution is -2.18. The average Bonchev–Trinajstić information content (AvgIpc) is 3.14. The van der Waals surface area contributed by atoms with E-state index in [0.717, 1.165) is 11.3 Å². The minimum atomic E-state index is -0.286. The second-order valence-electron chi connectivity index (χ2n) is 8.64. The maximum atomic E-state index is 12.6. The molecule has 0 saturated heterocycles. The molecule has 1 heterocycles. The fourth-order valence-corrected chi connectivity index (χ4v) is 3.24. The summed E-state index contributed by atoms with van der Waals surface area (Å²) in [5.41, 5.74) is 3.05. The monoisotopic (exact) mass is 472 g/mol. The van der Waals surface area contributed by atoms with Crippen molar-refractivity contribution in [3.8, 4) is 5.69 Å². The van der Waals surface area contributed by atoms with Crippen molar-refractivity contribution in [2.24, 2.45) is 0 Å². The Kier molecular flexibility index (Phi) is 7.26. The number of nitrogens with zero attached hydrogens (tertiary/aromatic N) is 2. The summed E-state index contributed by atoms with van der Waals surface area (Å²) in [5.74, 6) is -0.0136. The lowest BCUT2D eigenvalue weighted by molar-refractivity contribution is -0.121. The minimum absolute atomic E-state index is 0.0368. The van der Waals surface area contributed by atoms with Gasteiger partial charge in [-0.2, -0.15) is 5.10 Å². The van der Waals surface area contributed by atoms with Gasteiger partial charge in [0.1, 0.15) is 5.82 Å². The Morgan fingerprint density at radius 3 is 2.12 bits per heavy atom. The minimum Gasteiger partial charge on any atom is -0.326 e. The van der Waals surface area contributed by atoms with E-state index in [0.29, 0.717) is 27.2 Å². The van der Waals surface area contributed by atoms with Gasteiger partial charge in [0.15, 0.2) is 0 Å². The van der Waals surface area contributed by atoms with Gasteiger partial charge in [0.2, 0.25) is 11.8 Å². The average molecular weight is 473 g/mol. The van der Waals surface area contributed by atoms with Gasteiger partial charge in [0.05, 0.1) is 21.4 Å². The molecule has 0 fully saturated rings. The van der Waals surface area contributed by atoms with Crippen LogP contribution in [0.5, 0.6) is 0 Å². The van der Waals surface area contributed by atoms with Gasteiger partial charge in [-0.05, 0) is 37.3 Å². The Balaban J connectivity index is 1.71. The molecule has 0 radical (unpaired) electrons. The molecule has 3 aromatic rings. The number of carbonyl (C=O) groups is 2. The van der Waals surface area contributed by atoms with Crippen LogP contribution in [0, 0.1) is 6.92 Å². The van der Waals surface area contributed by atoms with Crippen LogP contribution in [0.1, 0.15) is 44.9 Å². The van der Waals surface area contributed by atoms with E-state index in [1.807, 2.05) is 58.0 Å². The fourth-order valence-electron chi connectivity index (χ4n) is 2.94. The van der Waals surface area contributed by atoms with Crippen LogP contribution in [-0.4, -0.2) is 21.6 Å². The number of amides is 2. The van der Waals surface area contributed by atoms with Crippen LogP contribution < -0.4 is 10.6 Å². The van der Waals surface area contributed by atoms with Gasteiger partial charge in [-0.3, -0.25) is 9.59 Å². The molecule has 0 saturated carbocycles. The van der Waals surface area contributed by atoms with Crippen LogP contribution in [0.15, 0.2) is 48.5 Å². The lowest BCUT2D eigenvalue weighted by atomic mass is 9.92. The number of halogens is 2. The highest BCUT2D eigenvalue weighted by Crippen LogP contribution is 2.29. The molecule has 0 spiro atoms. The predicted molar refractivity (Wildman–Crippen MR) is 130 cm³/mol. The van der Waals surface area contributed by atoms with E-state index in [1.54, 1.807) is 22.9 Å². The number of aromatic nitrogens is 2. The molecule has 2 aromatic carbocycles. The Bertz CT molecular complexity index is 1130. The first kappa shape index (κ1) is 23.8. The van der Waals surface area contributed by atoms with Crippen molar-refractivity contribution in [1.82, 2.24) is 9.78 Å². The number of nitrogens with one attached hydrogen (secondary N) is 2. The van der Waals surface area contributed by atoms with Crippen molar-refractivity contribution in [1.29, 1.82) is 0 Å². The quantitative estimate of drug-likeness (QED) is 0.451. The van der Waals surface area contributed by atoms with Crippen molar-refractivity contribution in [3.63, 3.8) is 0 Å². The number of hydrogen-bond acceptors (Lipinski definition) is 3. The third-order valence-electron chi connectivity index (χ3n) is 4.81. The summed E-state index contributed by atoms with van der Waals surface area (Å²) in [6.07, 6.45) is 0.0991. The van der Waals surface area contributed by atoms with E-state index in [-0.39, 0.29) is 30.1 Å². The number of hydrogen-bond donors (Lipinski definition) is 2. The van der Waals surface area contributed by atoms with E-state index in [2.05, 4.69) is 15.7 Å². The summed E-state index contributed by atoms with van der Waals surface area (Å²) in [5, 5.41) is 11.1. The molecule has 2 amide bonds. The Hall–Kier alpha value is -2.83. The van der Waals surface area contributed by atoms with Gasteiger partial charge in [0.25, 0.3) is 0 Å². The first-order valence-corrected chi connectivity index (χ1v) is 11.0. The maximum Gasteiger partial charge on any atom is 0.226 e. The molecular weight excluding hydrogens is 447 g/mol. The molecule has 32 heavy (non-hydrogen) atoms. The van der Waals surface area contributed by atoms with Crippen LogP contribution in [0.25, 0.3) is 5.69 Å². The number of rotatable bonds is 6. The number of benzene rings is 2. The van der Waals surface area contributed by atoms with Crippen LogP contribution >= 0.6 is 23.2 Å². The summed E-state index contributed by atoms with van der Waals surface area (Å²) < 4.78 is 1.62.